The highest BCUT2D eigenvalue weighted by Crippen LogP contribution is 2.28. The number of amides is 1. The number of carbonyl (C=O) groups is 2. The fourth-order valence-corrected chi connectivity index (χ4v) is 5.08. The molecule has 0 saturated carbocycles. The fraction of sp³-hybridized carbons (Fsp3) is 0.250. The van der Waals surface area contributed by atoms with E-state index in [1.807, 2.05) is 60.0 Å². The monoisotopic (exact) mass is 485 g/mol. The van der Waals surface area contributed by atoms with Crippen LogP contribution in [-0.4, -0.2) is 58.9 Å². The van der Waals surface area contributed by atoms with Crippen molar-refractivity contribution in [3.8, 4) is 10.6 Å². The summed E-state index contributed by atoms with van der Waals surface area (Å²) in [4.78, 5) is 36.1. The Kier molecular flexibility index (Phi) is 6.88. The van der Waals surface area contributed by atoms with Crippen LogP contribution in [-0.2, 0) is 16.1 Å². The molecular weight excluding hydrogens is 458 g/mol. The Morgan fingerprint density at radius 1 is 0.971 bits per heavy atom. The normalized spacial score (nSPS) is 15.2. The van der Waals surface area contributed by atoms with Gasteiger partial charge in [-0.3, -0.25) is 9.69 Å². The van der Waals surface area contributed by atoms with Gasteiger partial charge in [-0.2, -0.15) is 0 Å². The predicted molar refractivity (Wildman–Crippen MR) is 138 cm³/mol. The van der Waals surface area contributed by atoms with Crippen LogP contribution in [0.5, 0.6) is 0 Å². The lowest BCUT2D eigenvalue weighted by molar-refractivity contribution is -0.141. The van der Waals surface area contributed by atoms with E-state index in [1.54, 1.807) is 29.2 Å². The van der Waals surface area contributed by atoms with Gasteiger partial charge in [0.2, 0.25) is 0 Å². The van der Waals surface area contributed by atoms with Crippen LogP contribution in [0.4, 0.5) is 0 Å². The highest BCUT2D eigenvalue weighted by Gasteiger charge is 2.28. The van der Waals surface area contributed by atoms with Gasteiger partial charge in [-0.15, -0.1) is 11.3 Å². The van der Waals surface area contributed by atoms with Gasteiger partial charge in [0.05, 0.1) is 21.7 Å². The Hall–Kier alpha value is -3.55. The number of esters is 1. The number of carbonyl (C=O) groups excluding carboxylic acids is 2. The first kappa shape index (κ1) is 23.2. The standard InChI is InChI=1S/C28H27N3O3S/c1-20(27(32)31-15-13-30(14-16-31)19-21-8-3-2-4-9-21)34-28(33)23-18-25(26-12-7-17-35-26)29-24-11-6-5-10-22(23)24/h2-12,17-18,20H,13-16,19H2,1H3. The first-order valence-corrected chi connectivity index (χ1v) is 12.7. The molecule has 3 heterocycles. The number of aromatic nitrogens is 1. The number of fused-ring (bicyclic) bond motifs is 1. The van der Waals surface area contributed by atoms with Gasteiger partial charge in [0.15, 0.2) is 6.10 Å². The molecule has 1 amide bonds. The molecule has 2 aromatic heterocycles. The molecule has 0 spiro atoms. The Bertz CT molecular complexity index is 1320. The zero-order valence-corrected chi connectivity index (χ0v) is 20.4. The first-order valence-electron chi connectivity index (χ1n) is 11.8. The zero-order valence-electron chi connectivity index (χ0n) is 19.6. The zero-order chi connectivity index (χ0) is 24.2. The van der Waals surface area contributed by atoms with Gasteiger partial charge < -0.3 is 9.64 Å². The number of piperazine rings is 1. The molecule has 0 N–H and O–H groups in total. The van der Waals surface area contributed by atoms with Crippen molar-refractivity contribution in [3.05, 3.63) is 89.3 Å². The lowest BCUT2D eigenvalue weighted by Crippen LogP contribution is -2.51. The minimum Gasteiger partial charge on any atom is -0.449 e. The molecule has 178 valence electrons. The maximum absolute atomic E-state index is 13.2. The summed E-state index contributed by atoms with van der Waals surface area (Å²) in [6, 6.07) is 23.5. The molecule has 0 radical (unpaired) electrons. The van der Waals surface area contributed by atoms with Crippen LogP contribution in [0.3, 0.4) is 0 Å². The fourth-order valence-electron chi connectivity index (χ4n) is 4.39. The quantitative estimate of drug-likeness (QED) is 0.365. The van der Waals surface area contributed by atoms with E-state index >= 15 is 0 Å². The van der Waals surface area contributed by atoms with Gasteiger partial charge in [-0.05, 0) is 36.1 Å². The molecule has 7 heteroatoms. The first-order chi connectivity index (χ1) is 17.1. The summed E-state index contributed by atoms with van der Waals surface area (Å²) in [6.07, 6.45) is -0.861. The number of pyridine rings is 1. The highest BCUT2D eigenvalue weighted by atomic mass is 32.1. The van der Waals surface area contributed by atoms with Gasteiger partial charge in [0.1, 0.15) is 0 Å². The smallest absolute Gasteiger partial charge is 0.339 e. The van der Waals surface area contributed by atoms with Crippen LogP contribution in [0, 0.1) is 0 Å². The molecule has 1 fully saturated rings. The van der Waals surface area contributed by atoms with Crippen LogP contribution in [0.15, 0.2) is 78.2 Å². The van der Waals surface area contributed by atoms with E-state index in [0.29, 0.717) is 24.0 Å². The second-order valence-electron chi connectivity index (χ2n) is 8.68. The van der Waals surface area contributed by atoms with E-state index in [9.17, 15) is 9.59 Å². The third-order valence-corrected chi connectivity index (χ3v) is 7.17. The number of rotatable bonds is 6. The molecule has 1 aliphatic heterocycles. The molecule has 0 bridgehead atoms. The Morgan fingerprint density at radius 2 is 1.71 bits per heavy atom. The summed E-state index contributed by atoms with van der Waals surface area (Å²) >= 11 is 1.56. The van der Waals surface area contributed by atoms with Crippen molar-refractivity contribution in [2.24, 2.45) is 0 Å². The number of benzene rings is 2. The number of ether oxygens (including phenoxy) is 1. The Balaban J connectivity index is 1.25. The molecule has 35 heavy (non-hydrogen) atoms. The van der Waals surface area contributed by atoms with E-state index in [-0.39, 0.29) is 5.91 Å². The molecule has 1 unspecified atom stereocenters. The second kappa shape index (κ2) is 10.4. The van der Waals surface area contributed by atoms with Crippen LogP contribution < -0.4 is 0 Å². The lowest BCUT2D eigenvalue weighted by Gasteiger charge is -2.35. The second-order valence-corrected chi connectivity index (χ2v) is 9.63. The average molecular weight is 486 g/mol. The third kappa shape index (κ3) is 5.26. The maximum Gasteiger partial charge on any atom is 0.339 e. The van der Waals surface area contributed by atoms with Crippen molar-refractivity contribution in [2.45, 2.75) is 19.6 Å². The molecular formula is C28H27N3O3S. The number of nitrogens with zero attached hydrogens (tertiary/aromatic N) is 3. The molecule has 1 atom stereocenters. The van der Waals surface area contributed by atoms with Crippen LogP contribution >= 0.6 is 11.3 Å². The van der Waals surface area contributed by atoms with Gasteiger partial charge in [-0.1, -0.05) is 54.6 Å². The summed E-state index contributed by atoms with van der Waals surface area (Å²) in [5, 5.41) is 2.69. The van der Waals surface area contributed by atoms with Crippen molar-refractivity contribution in [1.29, 1.82) is 0 Å². The van der Waals surface area contributed by atoms with Crippen molar-refractivity contribution in [2.75, 3.05) is 26.2 Å². The van der Waals surface area contributed by atoms with Crippen molar-refractivity contribution < 1.29 is 14.3 Å². The molecule has 5 rings (SSSR count). The topological polar surface area (TPSA) is 62.7 Å². The highest BCUT2D eigenvalue weighted by molar-refractivity contribution is 7.13. The van der Waals surface area contributed by atoms with E-state index < -0.39 is 12.1 Å². The minimum atomic E-state index is -0.861. The minimum absolute atomic E-state index is 0.158. The summed E-state index contributed by atoms with van der Waals surface area (Å²) in [5.41, 5.74) is 3.13. The van der Waals surface area contributed by atoms with E-state index in [2.05, 4.69) is 17.0 Å². The summed E-state index contributed by atoms with van der Waals surface area (Å²) in [6.45, 7) is 5.35. The van der Waals surface area contributed by atoms with E-state index in [0.717, 1.165) is 35.7 Å². The van der Waals surface area contributed by atoms with Crippen LogP contribution in [0.2, 0.25) is 0 Å². The molecule has 1 saturated heterocycles. The summed E-state index contributed by atoms with van der Waals surface area (Å²) in [7, 11) is 0. The van der Waals surface area contributed by atoms with Crippen LogP contribution in [0.1, 0.15) is 22.8 Å². The maximum atomic E-state index is 13.2. The Labute approximate surface area is 208 Å². The van der Waals surface area contributed by atoms with E-state index in [1.165, 1.54) is 5.56 Å². The molecule has 6 nitrogen and oxygen atoms in total. The van der Waals surface area contributed by atoms with Crippen LogP contribution in [0.25, 0.3) is 21.5 Å². The number of hydrogen-bond acceptors (Lipinski definition) is 6. The van der Waals surface area contributed by atoms with Gasteiger partial charge in [-0.25, -0.2) is 9.78 Å². The summed E-state index contributed by atoms with van der Waals surface area (Å²) < 4.78 is 5.69. The van der Waals surface area contributed by atoms with Crippen molar-refractivity contribution >= 4 is 34.1 Å². The van der Waals surface area contributed by atoms with E-state index in [4.69, 9.17) is 9.72 Å². The molecule has 2 aromatic carbocycles. The number of hydrogen-bond donors (Lipinski definition) is 0. The largest absolute Gasteiger partial charge is 0.449 e. The number of para-hydroxylation sites is 1. The van der Waals surface area contributed by atoms with Gasteiger partial charge in [0.25, 0.3) is 5.91 Å². The Morgan fingerprint density at radius 3 is 2.46 bits per heavy atom. The predicted octanol–water partition coefficient (Wildman–Crippen LogP) is 4.85. The average Bonchev–Trinajstić information content (AvgIpc) is 3.44. The third-order valence-electron chi connectivity index (χ3n) is 6.27. The van der Waals surface area contributed by atoms with Gasteiger partial charge in [0, 0.05) is 38.1 Å². The number of thiophene rings is 1. The van der Waals surface area contributed by atoms with Crippen molar-refractivity contribution in [3.63, 3.8) is 0 Å². The lowest BCUT2D eigenvalue weighted by atomic mass is 10.1. The molecule has 4 aromatic rings. The summed E-state index contributed by atoms with van der Waals surface area (Å²) in [5.74, 6) is -0.667. The molecule has 1 aliphatic rings. The SMILES string of the molecule is CC(OC(=O)c1cc(-c2cccs2)nc2ccccc12)C(=O)N1CCN(Cc2ccccc2)CC1. The van der Waals surface area contributed by atoms with Gasteiger partial charge >= 0.3 is 5.97 Å². The molecule has 0 aliphatic carbocycles. The van der Waals surface area contributed by atoms with Crippen molar-refractivity contribution in [1.82, 2.24) is 14.8 Å².